The first-order valence-corrected chi connectivity index (χ1v) is 11.0. The minimum Gasteiger partial charge on any atom is -0.497 e. The zero-order valence-corrected chi connectivity index (χ0v) is 21.5. The Bertz CT molecular complexity index is 587. The van der Waals surface area contributed by atoms with Gasteiger partial charge in [0.25, 0.3) is 0 Å². The van der Waals surface area contributed by atoms with Crippen molar-refractivity contribution in [2.24, 2.45) is 16.8 Å². The molecule has 0 aromatic heterocycles. The van der Waals surface area contributed by atoms with Crippen molar-refractivity contribution in [2.75, 3.05) is 53.6 Å². The van der Waals surface area contributed by atoms with E-state index in [4.69, 9.17) is 9.47 Å². The number of rotatable bonds is 11. The summed E-state index contributed by atoms with van der Waals surface area (Å²) in [5, 5.41) is 6.88. The van der Waals surface area contributed by atoms with Crippen molar-refractivity contribution in [1.82, 2.24) is 15.5 Å². The Hall–Kier alpha value is -1.06. The van der Waals surface area contributed by atoms with Crippen molar-refractivity contribution in [2.45, 2.75) is 39.7 Å². The molecule has 0 aliphatic carbocycles. The van der Waals surface area contributed by atoms with Gasteiger partial charge in [-0.2, -0.15) is 0 Å². The highest BCUT2D eigenvalue weighted by Crippen LogP contribution is 2.19. The molecule has 0 radical (unpaired) electrons. The van der Waals surface area contributed by atoms with E-state index in [1.807, 2.05) is 19.2 Å². The number of guanidine groups is 1. The fourth-order valence-corrected chi connectivity index (χ4v) is 3.50. The summed E-state index contributed by atoms with van der Waals surface area (Å²) < 4.78 is 10.9. The fourth-order valence-electron chi connectivity index (χ4n) is 3.50. The van der Waals surface area contributed by atoms with Gasteiger partial charge in [-0.3, -0.25) is 9.89 Å². The van der Waals surface area contributed by atoms with Crippen LogP contribution in [0.2, 0.25) is 0 Å². The highest BCUT2D eigenvalue weighted by Gasteiger charge is 2.19. The predicted octanol–water partition coefficient (Wildman–Crippen LogP) is 3.75. The van der Waals surface area contributed by atoms with Gasteiger partial charge in [-0.25, -0.2) is 0 Å². The number of nitrogens with one attached hydrogen (secondary N) is 2. The molecular formula is C23H41IN4O2. The number of nitrogens with zero attached hydrogens (tertiary/aromatic N) is 2. The molecule has 30 heavy (non-hydrogen) atoms. The normalized spacial score (nSPS) is 15.7. The van der Waals surface area contributed by atoms with Crippen molar-refractivity contribution in [3.05, 3.63) is 29.8 Å². The third kappa shape index (κ3) is 10.8. The van der Waals surface area contributed by atoms with Gasteiger partial charge < -0.3 is 20.1 Å². The van der Waals surface area contributed by atoms with Gasteiger partial charge in [-0.05, 0) is 61.9 Å². The lowest BCUT2D eigenvalue weighted by molar-refractivity contribution is 0.108. The van der Waals surface area contributed by atoms with Crippen LogP contribution in [0.5, 0.6) is 5.75 Å². The van der Waals surface area contributed by atoms with Crippen molar-refractivity contribution >= 4 is 29.9 Å². The van der Waals surface area contributed by atoms with Gasteiger partial charge in [0.05, 0.1) is 7.11 Å². The summed E-state index contributed by atoms with van der Waals surface area (Å²) in [7, 11) is 3.54. The third-order valence-electron chi connectivity index (χ3n) is 5.26. The van der Waals surface area contributed by atoms with Crippen LogP contribution >= 0.6 is 24.0 Å². The molecule has 0 spiro atoms. The summed E-state index contributed by atoms with van der Waals surface area (Å²) in [5.41, 5.74) is 1.35. The summed E-state index contributed by atoms with van der Waals surface area (Å²) in [6, 6.07) is 8.41. The SMILES string of the molecule is CN=C(NCCCOCC(C)C)NCC1CCN(Cc2ccc(OC)cc2)CC1.I. The Morgan fingerprint density at radius 3 is 2.47 bits per heavy atom. The molecular weight excluding hydrogens is 491 g/mol. The average molecular weight is 533 g/mol. The molecule has 2 N–H and O–H groups in total. The highest BCUT2D eigenvalue weighted by molar-refractivity contribution is 14.0. The van der Waals surface area contributed by atoms with Crippen LogP contribution in [0, 0.1) is 11.8 Å². The second-order valence-corrected chi connectivity index (χ2v) is 8.27. The van der Waals surface area contributed by atoms with E-state index < -0.39 is 0 Å². The van der Waals surface area contributed by atoms with Crippen molar-refractivity contribution in [1.29, 1.82) is 0 Å². The predicted molar refractivity (Wildman–Crippen MR) is 136 cm³/mol. The van der Waals surface area contributed by atoms with Crippen molar-refractivity contribution in [3.8, 4) is 5.75 Å². The Morgan fingerprint density at radius 1 is 1.17 bits per heavy atom. The number of benzene rings is 1. The maximum atomic E-state index is 5.62. The molecule has 1 aromatic rings. The second-order valence-electron chi connectivity index (χ2n) is 8.27. The molecule has 0 amide bonds. The lowest BCUT2D eigenvalue weighted by Crippen LogP contribution is -2.43. The molecule has 1 aromatic carbocycles. The van der Waals surface area contributed by atoms with Gasteiger partial charge in [0.1, 0.15) is 5.75 Å². The number of hydrogen-bond acceptors (Lipinski definition) is 4. The summed E-state index contributed by atoms with van der Waals surface area (Å²) in [5.74, 6) is 3.12. The summed E-state index contributed by atoms with van der Waals surface area (Å²) in [6.45, 7) is 11.2. The van der Waals surface area contributed by atoms with E-state index in [0.29, 0.717) is 11.8 Å². The molecule has 1 fully saturated rings. The van der Waals surface area contributed by atoms with Crippen LogP contribution in [0.4, 0.5) is 0 Å². The summed E-state index contributed by atoms with van der Waals surface area (Å²) in [4.78, 5) is 6.88. The molecule has 172 valence electrons. The number of methoxy groups -OCH3 is 1. The first-order valence-electron chi connectivity index (χ1n) is 11.0. The number of hydrogen-bond donors (Lipinski definition) is 2. The lowest BCUT2D eigenvalue weighted by atomic mass is 9.96. The Labute approximate surface area is 200 Å². The van der Waals surface area contributed by atoms with E-state index in [-0.39, 0.29) is 24.0 Å². The molecule has 1 aliphatic rings. The van der Waals surface area contributed by atoms with Crippen LogP contribution in [0.3, 0.4) is 0 Å². The largest absolute Gasteiger partial charge is 0.497 e. The van der Waals surface area contributed by atoms with Gasteiger partial charge in [0.2, 0.25) is 0 Å². The number of piperidine rings is 1. The Balaban J connectivity index is 0.00000450. The molecule has 7 heteroatoms. The molecule has 0 bridgehead atoms. The zero-order chi connectivity index (χ0) is 20.9. The highest BCUT2D eigenvalue weighted by atomic mass is 127. The molecule has 0 saturated carbocycles. The molecule has 0 unspecified atom stereocenters. The number of likely N-dealkylation sites (tertiary alicyclic amines) is 1. The van der Waals surface area contributed by atoms with Crippen molar-refractivity contribution in [3.63, 3.8) is 0 Å². The molecule has 0 atom stereocenters. The van der Waals surface area contributed by atoms with Crippen LogP contribution in [0.1, 0.15) is 38.7 Å². The maximum Gasteiger partial charge on any atom is 0.190 e. The van der Waals surface area contributed by atoms with Crippen molar-refractivity contribution < 1.29 is 9.47 Å². The van der Waals surface area contributed by atoms with Gasteiger partial charge >= 0.3 is 0 Å². The second kappa shape index (κ2) is 15.7. The topological polar surface area (TPSA) is 58.1 Å². The number of halogens is 1. The third-order valence-corrected chi connectivity index (χ3v) is 5.26. The van der Waals surface area contributed by atoms with Gasteiger partial charge in [-0.15, -0.1) is 24.0 Å². The molecule has 1 saturated heterocycles. The van der Waals surface area contributed by atoms with Crippen LogP contribution in [0.25, 0.3) is 0 Å². The monoisotopic (exact) mass is 532 g/mol. The van der Waals surface area contributed by atoms with Crippen LogP contribution in [0.15, 0.2) is 29.3 Å². The minimum absolute atomic E-state index is 0. The van der Waals surface area contributed by atoms with Crippen LogP contribution < -0.4 is 15.4 Å². The Morgan fingerprint density at radius 2 is 1.87 bits per heavy atom. The minimum atomic E-state index is 0. The van der Waals surface area contributed by atoms with E-state index >= 15 is 0 Å². The zero-order valence-electron chi connectivity index (χ0n) is 19.2. The summed E-state index contributed by atoms with van der Waals surface area (Å²) in [6.07, 6.45) is 3.45. The van der Waals surface area contributed by atoms with Crippen LogP contribution in [-0.2, 0) is 11.3 Å². The van der Waals surface area contributed by atoms with Gasteiger partial charge in [0.15, 0.2) is 5.96 Å². The van der Waals surface area contributed by atoms with Crippen LogP contribution in [-0.4, -0.2) is 64.4 Å². The molecule has 1 aliphatic heterocycles. The maximum absolute atomic E-state index is 5.62. The lowest BCUT2D eigenvalue weighted by Gasteiger charge is -2.32. The van der Waals surface area contributed by atoms with Gasteiger partial charge in [0, 0.05) is 39.9 Å². The summed E-state index contributed by atoms with van der Waals surface area (Å²) >= 11 is 0. The Kier molecular flexibility index (Phi) is 14.1. The molecule has 1 heterocycles. The average Bonchev–Trinajstić information content (AvgIpc) is 2.74. The fraction of sp³-hybridized carbons (Fsp3) is 0.696. The quantitative estimate of drug-likeness (QED) is 0.197. The number of ether oxygens (including phenoxy) is 2. The standard InChI is InChI=1S/C23H40N4O2.HI/c1-19(2)18-29-15-5-12-25-23(24-3)26-16-20-10-13-27(14-11-20)17-21-6-8-22(28-4)9-7-21;/h6-9,19-20H,5,10-18H2,1-4H3,(H2,24,25,26);1H. The molecule has 6 nitrogen and oxygen atoms in total. The first kappa shape index (κ1) is 27.0. The number of aliphatic imine (C=N–C) groups is 1. The smallest absolute Gasteiger partial charge is 0.190 e. The van der Waals surface area contributed by atoms with E-state index in [2.05, 4.69) is 46.5 Å². The first-order chi connectivity index (χ1) is 14.1. The van der Waals surface area contributed by atoms with E-state index in [9.17, 15) is 0 Å². The van der Waals surface area contributed by atoms with E-state index in [1.165, 1.54) is 18.4 Å². The molecule has 2 rings (SSSR count). The van der Waals surface area contributed by atoms with E-state index in [1.54, 1.807) is 7.11 Å². The van der Waals surface area contributed by atoms with Gasteiger partial charge in [-0.1, -0.05) is 26.0 Å². The van der Waals surface area contributed by atoms with E-state index in [0.717, 1.165) is 64.1 Å².